The number of rotatable bonds is 26. The van der Waals surface area contributed by atoms with Gasteiger partial charge in [-0.15, -0.1) is 0 Å². The number of likely N-dealkylation sites (N-methyl/N-ethyl adjacent to an activating group) is 2. The summed E-state index contributed by atoms with van der Waals surface area (Å²) in [5.41, 5.74) is 5.95. The summed E-state index contributed by atoms with van der Waals surface area (Å²) in [6.45, 7) is 5.59. The molecule has 1 aromatic carbocycles. The van der Waals surface area contributed by atoms with Crippen molar-refractivity contribution in [2.24, 2.45) is 11.7 Å². The summed E-state index contributed by atoms with van der Waals surface area (Å²) in [7, 11) is 3.32. The number of anilines is 1. The molecule has 1 aromatic rings. The molecule has 1 unspecified atom stereocenters. The van der Waals surface area contributed by atoms with Crippen LogP contribution in [0.5, 0.6) is 5.75 Å². The van der Waals surface area contributed by atoms with E-state index >= 15 is 0 Å². The zero-order valence-electron chi connectivity index (χ0n) is 33.7. The number of carbonyl (C=O) groups is 8. The Labute approximate surface area is 337 Å². The first kappa shape index (κ1) is 48.5. The number of carbonyl (C=O) groups excluding carboxylic acids is 8. The molecule has 0 fully saturated rings. The van der Waals surface area contributed by atoms with Crippen molar-refractivity contribution < 1.29 is 52.9 Å². The summed E-state index contributed by atoms with van der Waals surface area (Å²) < 4.78 is 11.3. The molecule has 1 aliphatic rings. The molecule has 0 saturated heterocycles. The second kappa shape index (κ2) is 25.6. The Morgan fingerprint density at radius 2 is 1.59 bits per heavy atom. The summed E-state index contributed by atoms with van der Waals surface area (Å²) in [6, 6.07) is 2.52. The Morgan fingerprint density at radius 3 is 2.21 bits per heavy atom. The van der Waals surface area contributed by atoms with Gasteiger partial charge >= 0.3 is 6.09 Å². The maximum atomic E-state index is 13.6. The number of ether oxygens (including phenoxy) is 2. The highest BCUT2D eigenvalue weighted by atomic mass is 16.6. The molecule has 58 heavy (non-hydrogen) atoms. The third-order valence-corrected chi connectivity index (χ3v) is 8.48. The van der Waals surface area contributed by atoms with Gasteiger partial charge in [-0.25, -0.2) is 4.79 Å². The number of aliphatic hydroxyl groups excluding tert-OH is 1. The van der Waals surface area contributed by atoms with E-state index in [4.69, 9.17) is 15.2 Å². The van der Waals surface area contributed by atoms with Gasteiger partial charge in [0.05, 0.1) is 0 Å². The molecule has 0 aliphatic carbocycles. The largest absolute Gasteiger partial charge is 0.483 e. The van der Waals surface area contributed by atoms with Crippen LogP contribution in [0.1, 0.15) is 52.0 Å². The Morgan fingerprint density at radius 1 is 0.914 bits per heavy atom. The number of hydrogen-bond acceptors (Lipinski definition) is 14. The molecule has 8 amide bonds. The maximum absolute atomic E-state index is 13.6. The van der Waals surface area contributed by atoms with Crippen molar-refractivity contribution in [2.45, 2.75) is 71.5 Å². The normalized spacial score (nSPS) is 13.7. The molecule has 322 valence electrons. The molecule has 0 aromatic heterocycles. The van der Waals surface area contributed by atoms with E-state index in [1.807, 2.05) is 0 Å². The van der Waals surface area contributed by atoms with Crippen LogP contribution in [-0.4, -0.2) is 141 Å². The standard InChI is InChI=1S/C37H58N10O11/c1-23(2)33(43-24(3)48)35(54)45-27(8-6-14-42-36(38)55)34(53)44-26-10-9-25(21-58-37(56)46(5)19-17-39-4)28(20-26)57-22-30(50)41-16-7-15-40-29(49)13-18-47-31(51)11-12-32(47)52/h9-12,20,23,27,33,36,39,42,55H,6-8,13-19,21-22,38H2,1-5H3,(H,40,49)(H,41,50)(H,43,48)(H,44,53)(H,45,54)/t27-,33-,36?/m0/s1. The molecule has 1 aliphatic heterocycles. The number of nitrogens with two attached hydrogens (primary N) is 1. The van der Waals surface area contributed by atoms with Crippen molar-refractivity contribution in [1.29, 1.82) is 0 Å². The zero-order chi connectivity index (χ0) is 43.2. The number of hydrogen-bond donors (Lipinski definition) is 9. The Balaban J connectivity index is 2.10. The van der Waals surface area contributed by atoms with Crippen LogP contribution >= 0.6 is 0 Å². The third-order valence-electron chi connectivity index (χ3n) is 8.48. The molecular weight excluding hydrogens is 760 g/mol. The van der Waals surface area contributed by atoms with Crippen molar-refractivity contribution in [3.8, 4) is 5.75 Å². The first-order valence-corrected chi connectivity index (χ1v) is 18.9. The minimum absolute atomic E-state index is 0.0435. The van der Waals surface area contributed by atoms with Crippen molar-refractivity contribution in [3.63, 3.8) is 0 Å². The highest BCUT2D eigenvalue weighted by molar-refractivity contribution is 6.13. The summed E-state index contributed by atoms with van der Waals surface area (Å²) in [6.07, 6.45) is 1.16. The molecule has 0 saturated carbocycles. The molecule has 0 radical (unpaired) electrons. The number of benzene rings is 1. The van der Waals surface area contributed by atoms with Gasteiger partial charge < -0.3 is 51.4 Å². The van der Waals surface area contributed by atoms with Crippen LogP contribution in [0.25, 0.3) is 0 Å². The SMILES string of the molecule is CNCCN(C)C(=O)OCc1ccc(NC(=O)[C@H](CCCNC(N)O)NC(=O)[C@@H](NC(C)=O)C(C)C)cc1OCC(=O)NCCCNC(=O)CCN1C(=O)C=CC1=O. The van der Waals surface area contributed by atoms with Gasteiger partial charge in [0, 0.05) is 82.6 Å². The maximum Gasteiger partial charge on any atom is 0.409 e. The van der Waals surface area contributed by atoms with Crippen LogP contribution in [0.3, 0.4) is 0 Å². The second-order valence-corrected chi connectivity index (χ2v) is 13.7. The summed E-state index contributed by atoms with van der Waals surface area (Å²) in [5, 5.41) is 28.3. The van der Waals surface area contributed by atoms with Gasteiger partial charge in [0.15, 0.2) is 13.0 Å². The van der Waals surface area contributed by atoms with E-state index in [1.54, 1.807) is 34.0 Å². The third kappa shape index (κ3) is 18.1. The topological polar surface area (TPSA) is 292 Å². The van der Waals surface area contributed by atoms with Gasteiger partial charge in [-0.3, -0.25) is 49.5 Å². The van der Waals surface area contributed by atoms with E-state index in [9.17, 15) is 43.5 Å². The first-order valence-electron chi connectivity index (χ1n) is 18.9. The first-order chi connectivity index (χ1) is 27.5. The molecule has 21 heteroatoms. The molecule has 3 atom stereocenters. The van der Waals surface area contributed by atoms with Gasteiger partial charge in [0.1, 0.15) is 24.4 Å². The van der Waals surface area contributed by atoms with E-state index in [-0.39, 0.29) is 68.9 Å². The molecule has 1 heterocycles. The van der Waals surface area contributed by atoms with Crippen molar-refractivity contribution >= 4 is 53.1 Å². The van der Waals surface area contributed by atoms with Gasteiger partial charge in [0.25, 0.3) is 17.7 Å². The average Bonchev–Trinajstić information content (AvgIpc) is 3.49. The second-order valence-electron chi connectivity index (χ2n) is 13.7. The lowest BCUT2D eigenvalue weighted by Gasteiger charge is -2.25. The summed E-state index contributed by atoms with van der Waals surface area (Å²) >= 11 is 0. The number of amides is 8. The Bertz CT molecular complexity index is 1600. The van der Waals surface area contributed by atoms with E-state index < -0.39 is 66.6 Å². The molecular formula is C37H58N10O11. The minimum atomic E-state index is -1.27. The van der Waals surface area contributed by atoms with E-state index in [0.29, 0.717) is 31.5 Å². The lowest BCUT2D eigenvalue weighted by atomic mass is 10.0. The van der Waals surface area contributed by atoms with E-state index in [2.05, 4.69) is 37.2 Å². The fraction of sp³-hybridized carbons (Fsp3) is 0.568. The lowest BCUT2D eigenvalue weighted by molar-refractivity contribution is -0.137. The fourth-order valence-corrected chi connectivity index (χ4v) is 5.27. The van der Waals surface area contributed by atoms with Gasteiger partial charge in [-0.05, 0) is 50.9 Å². The van der Waals surface area contributed by atoms with Crippen molar-refractivity contribution in [3.05, 3.63) is 35.9 Å². The number of imide groups is 1. The number of aliphatic hydroxyl groups is 1. The molecule has 2 rings (SSSR count). The van der Waals surface area contributed by atoms with Crippen LogP contribution in [0.15, 0.2) is 30.4 Å². The molecule has 0 bridgehead atoms. The van der Waals surface area contributed by atoms with E-state index in [0.717, 1.165) is 17.1 Å². The van der Waals surface area contributed by atoms with Gasteiger partial charge in [0.2, 0.25) is 23.6 Å². The average molecular weight is 819 g/mol. The van der Waals surface area contributed by atoms with Crippen molar-refractivity contribution in [2.75, 3.05) is 65.3 Å². The quantitative estimate of drug-likeness (QED) is 0.0277. The smallest absolute Gasteiger partial charge is 0.409 e. The number of nitrogens with one attached hydrogen (secondary N) is 7. The van der Waals surface area contributed by atoms with E-state index in [1.165, 1.54) is 24.0 Å². The predicted molar refractivity (Wildman–Crippen MR) is 210 cm³/mol. The number of nitrogens with zero attached hydrogens (tertiary/aromatic N) is 2. The van der Waals surface area contributed by atoms with Crippen LogP contribution in [0, 0.1) is 5.92 Å². The highest BCUT2D eigenvalue weighted by Crippen LogP contribution is 2.25. The van der Waals surface area contributed by atoms with Gasteiger partial charge in [-0.1, -0.05) is 13.8 Å². The minimum Gasteiger partial charge on any atom is -0.483 e. The predicted octanol–water partition coefficient (Wildman–Crippen LogP) is -2.02. The van der Waals surface area contributed by atoms with Crippen LogP contribution in [0.2, 0.25) is 0 Å². The molecule has 0 spiro atoms. The van der Waals surface area contributed by atoms with Crippen LogP contribution in [0.4, 0.5) is 10.5 Å². The molecule has 10 N–H and O–H groups in total. The summed E-state index contributed by atoms with van der Waals surface area (Å²) in [4.78, 5) is 102. The highest BCUT2D eigenvalue weighted by Gasteiger charge is 2.29. The van der Waals surface area contributed by atoms with Crippen LogP contribution in [-0.2, 0) is 44.9 Å². The Hall–Kier alpha value is -5.64. The lowest BCUT2D eigenvalue weighted by Crippen LogP contribution is -2.54. The zero-order valence-corrected chi connectivity index (χ0v) is 33.7. The molecule has 21 nitrogen and oxygen atoms in total. The summed E-state index contributed by atoms with van der Waals surface area (Å²) in [5.74, 6) is -3.59. The fourth-order valence-electron chi connectivity index (χ4n) is 5.27. The van der Waals surface area contributed by atoms with Crippen molar-refractivity contribution in [1.82, 2.24) is 41.7 Å². The monoisotopic (exact) mass is 818 g/mol. The Kier molecular flexibility index (Phi) is 21.4. The van der Waals surface area contributed by atoms with Gasteiger partial charge in [-0.2, -0.15) is 0 Å². The van der Waals surface area contributed by atoms with Crippen LogP contribution < -0.4 is 47.7 Å².